The van der Waals surface area contributed by atoms with E-state index in [9.17, 15) is 30.1 Å². The van der Waals surface area contributed by atoms with Gasteiger partial charge in [-0.1, -0.05) is 18.2 Å². The largest absolute Gasteiger partial charge is 0.502 e. The van der Waals surface area contributed by atoms with Gasteiger partial charge in [-0.2, -0.15) is 5.10 Å². The van der Waals surface area contributed by atoms with Gasteiger partial charge in [0.2, 0.25) is 5.75 Å². The third-order valence-corrected chi connectivity index (χ3v) is 3.49. The predicted octanol–water partition coefficient (Wildman–Crippen LogP) is 2.08. The molecule has 2 aromatic rings. The third-order valence-electron chi connectivity index (χ3n) is 3.49. The molecule has 1 amide bonds. The number of carbonyl (C=O) groups excluding carboxylic acids is 1. The molecule has 27 heavy (non-hydrogen) atoms. The third kappa shape index (κ3) is 4.98. The van der Waals surface area contributed by atoms with Gasteiger partial charge in [0.25, 0.3) is 11.6 Å². The van der Waals surface area contributed by atoms with E-state index in [1.54, 1.807) is 6.07 Å². The number of nitrogens with zero attached hydrogens (tertiary/aromatic N) is 3. The van der Waals surface area contributed by atoms with Crippen LogP contribution in [0.25, 0.3) is 0 Å². The number of hydrazone groups is 1. The zero-order chi connectivity index (χ0) is 20.0. The molecule has 2 rings (SSSR count). The molecule has 0 atom stereocenters. The number of aryl methyl sites for hydroxylation is 1. The Labute approximate surface area is 152 Å². The number of carbonyl (C=O) groups is 1. The molecule has 0 radical (unpaired) electrons. The Morgan fingerprint density at radius 3 is 2.56 bits per heavy atom. The molecular formula is C16H15N5O6. The molecule has 0 bridgehead atoms. The molecule has 0 saturated carbocycles. The van der Waals surface area contributed by atoms with Gasteiger partial charge >= 0.3 is 5.69 Å². The molecule has 0 aliphatic carbocycles. The maximum Gasteiger partial charge on any atom is 0.318 e. The molecule has 0 aromatic heterocycles. The van der Waals surface area contributed by atoms with Crippen molar-refractivity contribution in [2.45, 2.75) is 6.92 Å². The molecule has 140 valence electrons. The molecule has 0 aliphatic heterocycles. The SMILES string of the molecule is Cc1ccccc1NCC(=O)N/N=C/c1cc([N+](=O)[O-])cc([N+](=O)[O-])c1O. The highest BCUT2D eigenvalue weighted by Crippen LogP contribution is 2.33. The normalized spacial score (nSPS) is 10.6. The van der Waals surface area contributed by atoms with Gasteiger partial charge < -0.3 is 10.4 Å². The Morgan fingerprint density at radius 2 is 1.93 bits per heavy atom. The number of nitro benzene ring substituents is 2. The zero-order valence-corrected chi connectivity index (χ0v) is 14.1. The number of amides is 1. The quantitative estimate of drug-likeness (QED) is 0.380. The van der Waals surface area contributed by atoms with E-state index in [0.29, 0.717) is 6.07 Å². The summed E-state index contributed by atoms with van der Waals surface area (Å²) in [5.41, 5.74) is 2.18. The van der Waals surface area contributed by atoms with Crippen LogP contribution in [0.3, 0.4) is 0 Å². The van der Waals surface area contributed by atoms with Gasteiger partial charge in [0.05, 0.1) is 34.2 Å². The second kappa shape index (κ2) is 8.38. The van der Waals surface area contributed by atoms with E-state index >= 15 is 0 Å². The summed E-state index contributed by atoms with van der Waals surface area (Å²) in [6, 6.07) is 8.88. The number of aromatic hydroxyl groups is 1. The Morgan fingerprint density at radius 1 is 1.22 bits per heavy atom. The topological polar surface area (TPSA) is 160 Å². The summed E-state index contributed by atoms with van der Waals surface area (Å²) in [5, 5.41) is 38.0. The fraction of sp³-hybridized carbons (Fsp3) is 0.125. The Hall–Kier alpha value is -4.02. The highest BCUT2D eigenvalue weighted by molar-refractivity contribution is 5.88. The lowest BCUT2D eigenvalue weighted by atomic mass is 10.1. The lowest BCUT2D eigenvalue weighted by Crippen LogP contribution is -2.26. The average Bonchev–Trinajstić information content (AvgIpc) is 2.62. The molecule has 0 spiro atoms. The lowest BCUT2D eigenvalue weighted by molar-refractivity contribution is -0.394. The van der Waals surface area contributed by atoms with Crippen LogP contribution in [-0.2, 0) is 4.79 Å². The van der Waals surface area contributed by atoms with Crippen LogP contribution in [0.2, 0.25) is 0 Å². The van der Waals surface area contributed by atoms with Crippen molar-refractivity contribution in [2.24, 2.45) is 5.10 Å². The van der Waals surface area contributed by atoms with E-state index in [4.69, 9.17) is 0 Å². The van der Waals surface area contributed by atoms with Crippen molar-refractivity contribution in [1.82, 2.24) is 5.43 Å². The van der Waals surface area contributed by atoms with Crippen LogP contribution in [0.5, 0.6) is 5.75 Å². The number of benzene rings is 2. The number of nitro groups is 2. The van der Waals surface area contributed by atoms with Gasteiger partial charge in [-0.3, -0.25) is 25.0 Å². The highest BCUT2D eigenvalue weighted by Gasteiger charge is 2.23. The second-order valence-electron chi connectivity index (χ2n) is 5.38. The molecule has 0 saturated heterocycles. The van der Waals surface area contributed by atoms with E-state index in [1.165, 1.54) is 0 Å². The maximum absolute atomic E-state index is 11.8. The number of hydrogen-bond acceptors (Lipinski definition) is 8. The van der Waals surface area contributed by atoms with Crippen molar-refractivity contribution in [3.8, 4) is 5.75 Å². The first-order valence-electron chi connectivity index (χ1n) is 7.56. The van der Waals surface area contributed by atoms with Crippen LogP contribution in [0.1, 0.15) is 11.1 Å². The van der Waals surface area contributed by atoms with Crippen LogP contribution >= 0.6 is 0 Å². The molecule has 11 heteroatoms. The molecule has 3 N–H and O–H groups in total. The number of para-hydroxylation sites is 1. The van der Waals surface area contributed by atoms with Crippen LogP contribution in [-0.4, -0.2) is 33.6 Å². The van der Waals surface area contributed by atoms with Crippen molar-refractivity contribution < 1.29 is 19.7 Å². The number of anilines is 1. The highest BCUT2D eigenvalue weighted by atomic mass is 16.6. The van der Waals surface area contributed by atoms with Crippen molar-refractivity contribution in [1.29, 1.82) is 0 Å². The standard InChI is InChI=1S/C16H15N5O6/c1-10-4-2-3-5-13(10)17-9-15(22)19-18-8-11-6-12(20(24)25)7-14(16(11)23)21(26)27/h2-8,17,23H,9H2,1H3,(H,19,22)/b18-8+. The smallest absolute Gasteiger partial charge is 0.318 e. The Balaban J connectivity index is 2.07. The molecule has 2 aromatic carbocycles. The molecule has 0 fully saturated rings. The fourth-order valence-electron chi connectivity index (χ4n) is 2.13. The van der Waals surface area contributed by atoms with Crippen molar-refractivity contribution in [3.63, 3.8) is 0 Å². The van der Waals surface area contributed by atoms with E-state index < -0.39 is 32.9 Å². The van der Waals surface area contributed by atoms with E-state index in [2.05, 4.69) is 15.8 Å². The van der Waals surface area contributed by atoms with Gasteiger partial charge in [-0.05, 0) is 18.6 Å². The monoisotopic (exact) mass is 373 g/mol. The second-order valence-corrected chi connectivity index (χ2v) is 5.38. The minimum atomic E-state index is -0.954. The summed E-state index contributed by atoms with van der Waals surface area (Å²) < 4.78 is 0. The van der Waals surface area contributed by atoms with Crippen LogP contribution in [0.4, 0.5) is 17.1 Å². The van der Waals surface area contributed by atoms with Crippen molar-refractivity contribution in [3.05, 3.63) is 67.8 Å². The summed E-state index contributed by atoms with van der Waals surface area (Å²) in [5.74, 6) is -1.31. The molecule has 0 heterocycles. The van der Waals surface area contributed by atoms with Crippen LogP contribution in [0.15, 0.2) is 41.5 Å². The van der Waals surface area contributed by atoms with E-state index in [1.807, 2.05) is 25.1 Å². The number of nitrogens with one attached hydrogen (secondary N) is 2. The minimum absolute atomic E-state index is 0.0940. The molecule has 0 aliphatic rings. The van der Waals surface area contributed by atoms with Crippen molar-refractivity contribution in [2.75, 3.05) is 11.9 Å². The Kier molecular flexibility index (Phi) is 5.99. The number of phenols is 1. The first kappa shape index (κ1) is 19.3. The van der Waals surface area contributed by atoms with E-state index in [-0.39, 0.29) is 12.1 Å². The van der Waals surface area contributed by atoms with Crippen LogP contribution < -0.4 is 10.7 Å². The average molecular weight is 373 g/mol. The summed E-state index contributed by atoms with van der Waals surface area (Å²) in [7, 11) is 0. The number of non-ortho nitro benzene ring substituents is 1. The maximum atomic E-state index is 11.8. The number of phenolic OH excluding ortho intramolecular Hbond substituents is 1. The summed E-state index contributed by atoms with van der Waals surface area (Å²) in [6.07, 6.45) is 0.890. The van der Waals surface area contributed by atoms with Crippen LogP contribution in [0, 0.1) is 27.2 Å². The van der Waals surface area contributed by atoms with E-state index in [0.717, 1.165) is 23.5 Å². The van der Waals surface area contributed by atoms with Gasteiger partial charge in [-0.15, -0.1) is 0 Å². The Bertz CT molecular complexity index is 928. The fourth-order valence-corrected chi connectivity index (χ4v) is 2.13. The number of hydrogen-bond donors (Lipinski definition) is 3. The van der Waals surface area contributed by atoms with Gasteiger partial charge in [0.1, 0.15) is 0 Å². The number of rotatable bonds is 7. The first-order chi connectivity index (χ1) is 12.8. The van der Waals surface area contributed by atoms with Gasteiger partial charge in [-0.25, -0.2) is 5.43 Å². The lowest BCUT2D eigenvalue weighted by Gasteiger charge is -2.07. The minimum Gasteiger partial charge on any atom is -0.502 e. The molecular weight excluding hydrogens is 358 g/mol. The summed E-state index contributed by atoms with van der Waals surface area (Å²) in [6.45, 7) is 1.78. The molecule has 0 unspecified atom stereocenters. The first-order valence-corrected chi connectivity index (χ1v) is 7.56. The summed E-state index contributed by atoms with van der Waals surface area (Å²) in [4.78, 5) is 31.7. The molecule has 11 nitrogen and oxygen atoms in total. The summed E-state index contributed by atoms with van der Waals surface area (Å²) >= 11 is 0. The van der Waals surface area contributed by atoms with Gasteiger partial charge in [0, 0.05) is 11.8 Å². The zero-order valence-electron chi connectivity index (χ0n) is 14.1. The van der Waals surface area contributed by atoms with Gasteiger partial charge in [0.15, 0.2) is 0 Å². The van der Waals surface area contributed by atoms with Crippen molar-refractivity contribution >= 4 is 29.2 Å². The predicted molar refractivity (Wildman–Crippen MR) is 96.8 cm³/mol.